The van der Waals surface area contributed by atoms with Gasteiger partial charge in [0.1, 0.15) is 11.7 Å². The highest BCUT2D eigenvalue weighted by molar-refractivity contribution is 6.09. The maximum absolute atomic E-state index is 13.6. The number of aliphatic imine (C=N–C) groups is 1. The maximum atomic E-state index is 13.6. The number of allylic oxidation sites excluding steroid dienone is 2. The Morgan fingerprint density at radius 2 is 1.56 bits per heavy atom. The van der Waals surface area contributed by atoms with Crippen molar-refractivity contribution in [1.29, 1.82) is 0 Å². The summed E-state index contributed by atoms with van der Waals surface area (Å²) in [5, 5.41) is 0. The molecule has 3 atom stereocenters. The Bertz CT molecular complexity index is 1160. The monoisotopic (exact) mass is 463 g/mol. The molecule has 2 aliphatic rings. The van der Waals surface area contributed by atoms with Crippen LogP contribution in [0.25, 0.3) is 0 Å². The second kappa shape index (κ2) is 9.71. The fourth-order valence-electron chi connectivity index (χ4n) is 5.01. The summed E-state index contributed by atoms with van der Waals surface area (Å²) in [7, 11) is 6.11. The van der Waals surface area contributed by atoms with Gasteiger partial charge in [-0.05, 0) is 54.7 Å². The van der Waals surface area contributed by atoms with E-state index in [4.69, 9.17) is 23.9 Å². The highest BCUT2D eigenvalue weighted by Gasteiger charge is 2.44. The number of ether oxygens (including phenoxy) is 4. The SMILES string of the molecule is COC(=O)C1C(C)=NC2=C(C(=O)C[C@@H](c3ccc(OC)cc3)C2)[C@H]1c1ccc(OC)c(OC)c1. The highest BCUT2D eigenvalue weighted by atomic mass is 16.5. The zero-order valence-electron chi connectivity index (χ0n) is 20.1. The quantitative estimate of drug-likeness (QED) is 0.588. The molecule has 2 aromatic rings. The van der Waals surface area contributed by atoms with Crippen LogP contribution in [0, 0.1) is 5.92 Å². The molecule has 1 heterocycles. The Kier molecular flexibility index (Phi) is 6.72. The number of esters is 1. The lowest BCUT2D eigenvalue weighted by molar-refractivity contribution is -0.143. The van der Waals surface area contributed by atoms with E-state index < -0.39 is 17.8 Å². The van der Waals surface area contributed by atoms with Gasteiger partial charge in [0.25, 0.3) is 0 Å². The van der Waals surface area contributed by atoms with Crippen molar-refractivity contribution in [3.8, 4) is 17.2 Å². The van der Waals surface area contributed by atoms with E-state index in [1.165, 1.54) is 7.11 Å². The Labute approximate surface area is 199 Å². The number of hydrogen-bond acceptors (Lipinski definition) is 7. The first-order chi connectivity index (χ1) is 16.4. The molecule has 0 spiro atoms. The van der Waals surface area contributed by atoms with Crippen molar-refractivity contribution >= 4 is 17.5 Å². The van der Waals surface area contributed by atoms with E-state index in [-0.39, 0.29) is 11.7 Å². The molecule has 0 fully saturated rings. The lowest BCUT2D eigenvalue weighted by Gasteiger charge is -2.36. The van der Waals surface area contributed by atoms with Crippen molar-refractivity contribution in [2.24, 2.45) is 10.9 Å². The minimum atomic E-state index is -0.691. The van der Waals surface area contributed by atoms with Gasteiger partial charge in [0.2, 0.25) is 0 Å². The molecule has 0 aromatic heterocycles. The summed E-state index contributed by atoms with van der Waals surface area (Å²) in [6.45, 7) is 1.82. The van der Waals surface area contributed by atoms with Gasteiger partial charge in [0.15, 0.2) is 17.3 Å². The molecule has 7 nitrogen and oxygen atoms in total. The summed E-state index contributed by atoms with van der Waals surface area (Å²) >= 11 is 0. The van der Waals surface area contributed by atoms with Crippen LogP contribution >= 0.6 is 0 Å². The van der Waals surface area contributed by atoms with Crippen LogP contribution in [0.5, 0.6) is 17.2 Å². The summed E-state index contributed by atoms with van der Waals surface area (Å²) in [6, 6.07) is 13.3. The van der Waals surface area contributed by atoms with E-state index >= 15 is 0 Å². The van der Waals surface area contributed by atoms with E-state index in [9.17, 15) is 9.59 Å². The van der Waals surface area contributed by atoms with Gasteiger partial charge in [-0.25, -0.2) is 0 Å². The summed E-state index contributed by atoms with van der Waals surface area (Å²) in [6.07, 6.45) is 0.958. The molecule has 34 heavy (non-hydrogen) atoms. The van der Waals surface area contributed by atoms with Gasteiger partial charge in [0, 0.05) is 29.3 Å². The summed E-state index contributed by atoms with van der Waals surface area (Å²) in [5.74, 6) is 0.259. The van der Waals surface area contributed by atoms with Gasteiger partial charge < -0.3 is 18.9 Å². The van der Waals surface area contributed by atoms with Crippen molar-refractivity contribution in [3.63, 3.8) is 0 Å². The summed E-state index contributed by atoms with van der Waals surface area (Å²) in [4.78, 5) is 31.2. The van der Waals surface area contributed by atoms with Crippen molar-refractivity contribution in [1.82, 2.24) is 0 Å². The fraction of sp³-hybridized carbons (Fsp3) is 0.370. The third-order valence-corrected chi connectivity index (χ3v) is 6.70. The first kappa shape index (κ1) is 23.5. The molecule has 1 unspecified atom stereocenters. The molecule has 0 saturated heterocycles. The third kappa shape index (κ3) is 4.18. The van der Waals surface area contributed by atoms with Crippen LogP contribution in [-0.2, 0) is 14.3 Å². The highest BCUT2D eigenvalue weighted by Crippen LogP contribution is 2.48. The first-order valence-corrected chi connectivity index (χ1v) is 11.2. The van der Waals surface area contributed by atoms with Crippen LogP contribution < -0.4 is 14.2 Å². The second-order valence-corrected chi connectivity index (χ2v) is 8.51. The lowest BCUT2D eigenvalue weighted by atomic mass is 9.69. The smallest absolute Gasteiger partial charge is 0.315 e. The van der Waals surface area contributed by atoms with E-state index in [0.717, 1.165) is 22.6 Å². The van der Waals surface area contributed by atoms with E-state index in [1.54, 1.807) is 27.4 Å². The number of ketones is 1. The second-order valence-electron chi connectivity index (χ2n) is 8.51. The predicted octanol–water partition coefficient (Wildman–Crippen LogP) is 4.46. The molecule has 0 N–H and O–H groups in total. The maximum Gasteiger partial charge on any atom is 0.315 e. The van der Waals surface area contributed by atoms with Gasteiger partial charge in [-0.15, -0.1) is 0 Å². The molecular formula is C27H29NO6. The van der Waals surface area contributed by atoms with Crippen molar-refractivity contribution in [3.05, 3.63) is 64.9 Å². The van der Waals surface area contributed by atoms with Crippen molar-refractivity contribution in [2.75, 3.05) is 28.4 Å². The Hall–Kier alpha value is -3.61. The predicted molar refractivity (Wildman–Crippen MR) is 128 cm³/mol. The molecule has 2 aromatic carbocycles. The number of rotatable bonds is 6. The number of carbonyl (C=O) groups is 2. The number of Topliss-reactive ketones (excluding diaryl/α,β-unsaturated/α-hetero) is 1. The van der Waals surface area contributed by atoms with Crippen molar-refractivity contribution < 1.29 is 28.5 Å². The van der Waals surface area contributed by atoms with Gasteiger partial charge in [-0.2, -0.15) is 0 Å². The van der Waals surface area contributed by atoms with Crippen LogP contribution in [0.3, 0.4) is 0 Å². The van der Waals surface area contributed by atoms with Gasteiger partial charge in [-0.3, -0.25) is 14.6 Å². The average Bonchev–Trinajstić information content (AvgIpc) is 2.86. The molecule has 1 aliphatic carbocycles. The minimum absolute atomic E-state index is 0.00740. The molecule has 0 bridgehead atoms. The molecular weight excluding hydrogens is 434 g/mol. The zero-order valence-corrected chi connectivity index (χ0v) is 20.1. The normalized spacial score (nSPS) is 22.0. The number of carbonyl (C=O) groups excluding carboxylic acids is 2. The van der Waals surface area contributed by atoms with Crippen molar-refractivity contribution in [2.45, 2.75) is 31.6 Å². The number of methoxy groups -OCH3 is 4. The van der Waals surface area contributed by atoms with Crippen LogP contribution in [-0.4, -0.2) is 45.9 Å². The Morgan fingerprint density at radius 1 is 0.882 bits per heavy atom. The fourth-order valence-corrected chi connectivity index (χ4v) is 5.01. The molecule has 0 radical (unpaired) electrons. The lowest BCUT2D eigenvalue weighted by Crippen LogP contribution is -2.37. The standard InChI is InChI=1S/C27H29NO6/c1-15-24(27(30)34-5)25(17-8-11-22(32-3)23(14-17)33-4)26-20(28-15)12-18(13-21(26)29)16-6-9-19(31-2)10-7-16/h6-11,14,18,24-25H,12-13H2,1-5H3/t18-,24?,25-/m0/s1. The van der Waals surface area contributed by atoms with Crippen LogP contribution in [0.2, 0.25) is 0 Å². The molecule has 7 heteroatoms. The first-order valence-electron chi connectivity index (χ1n) is 11.2. The number of benzene rings is 2. The number of hydrogen-bond donors (Lipinski definition) is 0. The molecule has 4 rings (SSSR count). The van der Waals surface area contributed by atoms with Gasteiger partial charge in [0.05, 0.1) is 28.4 Å². The zero-order chi connectivity index (χ0) is 24.4. The topological polar surface area (TPSA) is 83.4 Å². The number of nitrogens with zero attached hydrogens (tertiary/aromatic N) is 1. The van der Waals surface area contributed by atoms with Gasteiger partial charge in [-0.1, -0.05) is 18.2 Å². The Morgan fingerprint density at radius 3 is 2.18 bits per heavy atom. The molecule has 0 amide bonds. The molecule has 1 aliphatic heterocycles. The summed E-state index contributed by atoms with van der Waals surface area (Å²) in [5.41, 5.74) is 3.79. The van der Waals surface area contributed by atoms with Gasteiger partial charge >= 0.3 is 5.97 Å². The van der Waals surface area contributed by atoms with E-state index in [1.807, 2.05) is 43.3 Å². The summed E-state index contributed by atoms with van der Waals surface area (Å²) < 4.78 is 21.2. The Balaban J connectivity index is 1.80. The molecule has 178 valence electrons. The minimum Gasteiger partial charge on any atom is -0.497 e. The van der Waals surface area contributed by atoms with Crippen LogP contribution in [0.1, 0.15) is 42.7 Å². The average molecular weight is 464 g/mol. The third-order valence-electron chi connectivity index (χ3n) is 6.70. The van der Waals surface area contributed by atoms with E-state index in [0.29, 0.717) is 35.6 Å². The largest absolute Gasteiger partial charge is 0.497 e. The van der Waals surface area contributed by atoms with E-state index in [2.05, 4.69) is 0 Å². The van der Waals surface area contributed by atoms with Crippen LogP contribution in [0.15, 0.2) is 58.7 Å². The van der Waals surface area contributed by atoms with Crippen LogP contribution in [0.4, 0.5) is 0 Å². The molecule has 0 saturated carbocycles.